The zero-order valence-electron chi connectivity index (χ0n) is 20.1. The lowest BCUT2D eigenvalue weighted by molar-refractivity contribution is -0.132. The topological polar surface area (TPSA) is 95.4 Å². The first-order valence-electron chi connectivity index (χ1n) is 12.2. The predicted octanol–water partition coefficient (Wildman–Crippen LogP) is 4.78. The number of aliphatic hydroxyl groups is 1. The van der Waals surface area contributed by atoms with E-state index in [2.05, 4.69) is 15.3 Å². The maximum Gasteiger partial charge on any atom is 0.281 e. The van der Waals surface area contributed by atoms with Crippen molar-refractivity contribution in [3.05, 3.63) is 88.2 Å². The number of para-hydroxylation sites is 1. The molecule has 7 nitrogen and oxygen atoms in total. The molecule has 0 radical (unpaired) electrons. The second-order valence-corrected chi connectivity index (χ2v) is 9.99. The van der Waals surface area contributed by atoms with Crippen molar-refractivity contribution in [2.24, 2.45) is 5.92 Å². The number of hydrogen-bond donors (Lipinski definition) is 2. The number of rotatable bonds is 6. The Labute approximate surface area is 221 Å². The number of benzene rings is 1. The van der Waals surface area contributed by atoms with E-state index in [4.69, 9.17) is 11.6 Å². The lowest BCUT2D eigenvalue weighted by atomic mass is 9.85. The van der Waals surface area contributed by atoms with Gasteiger partial charge in [-0.15, -0.1) is 0 Å². The summed E-state index contributed by atoms with van der Waals surface area (Å²) in [6.45, 7) is 0.293. The molecule has 0 spiro atoms. The number of carbonyl (C=O) groups excluding carboxylic acids is 2. The van der Waals surface area contributed by atoms with Gasteiger partial charge in [0, 0.05) is 30.5 Å². The first kappa shape index (κ1) is 26.1. The van der Waals surface area contributed by atoms with Gasteiger partial charge < -0.3 is 15.3 Å². The quantitative estimate of drug-likeness (QED) is 0.466. The number of aromatic nitrogens is 2. The molecule has 38 heavy (non-hydrogen) atoms. The molecule has 2 N–H and O–H groups in total. The Bertz CT molecular complexity index is 1380. The Morgan fingerprint density at radius 2 is 1.89 bits per heavy atom. The van der Waals surface area contributed by atoms with Crippen molar-refractivity contribution < 1.29 is 27.9 Å². The first-order chi connectivity index (χ1) is 18.2. The molecule has 3 heterocycles. The van der Waals surface area contributed by atoms with Crippen LogP contribution in [0.5, 0.6) is 0 Å². The van der Waals surface area contributed by atoms with Crippen LogP contribution in [0, 0.1) is 11.7 Å². The lowest BCUT2D eigenvalue weighted by Crippen LogP contribution is -2.45. The Morgan fingerprint density at radius 1 is 1.16 bits per heavy atom. The number of pyridine rings is 2. The van der Waals surface area contributed by atoms with E-state index in [1.54, 1.807) is 24.3 Å². The highest BCUT2D eigenvalue weighted by Gasteiger charge is 2.53. The van der Waals surface area contributed by atoms with Crippen LogP contribution in [0.2, 0.25) is 5.02 Å². The maximum atomic E-state index is 14.6. The van der Waals surface area contributed by atoms with E-state index in [-0.39, 0.29) is 33.8 Å². The number of hydrogen-bond acceptors (Lipinski definition) is 5. The number of nitrogens with zero attached hydrogens (tertiary/aromatic N) is 3. The van der Waals surface area contributed by atoms with Gasteiger partial charge in [0.15, 0.2) is 0 Å². The number of alkyl halides is 2. The van der Waals surface area contributed by atoms with E-state index in [1.807, 2.05) is 0 Å². The number of carbonyl (C=O) groups is 2. The highest BCUT2D eigenvalue weighted by atomic mass is 35.5. The molecular weight excluding hydrogens is 521 g/mol. The van der Waals surface area contributed by atoms with E-state index in [0.29, 0.717) is 37.9 Å². The molecule has 0 bridgehead atoms. The van der Waals surface area contributed by atoms with E-state index >= 15 is 0 Å². The van der Waals surface area contributed by atoms with Crippen LogP contribution in [0.15, 0.2) is 54.9 Å². The number of anilines is 1. The van der Waals surface area contributed by atoms with Crippen LogP contribution < -0.4 is 10.2 Å². The van der Waals surface area contributed by atoms with Gasteiger partial charge >= 0.3 is 0 Å². The molecule has 1 atom stereocenters. The van der Waals surface area contributed by atoms with Gasteiger partial charge in [-0.05, 0) is 55.9 Å². The summed E-state index contributed by atoms with van der Waals surface area (Å²) in [7, 11) is 0. The average molecular weight is 545 g/mol. The fourth-order valence-electron chi connectivity index (χ4n) is 5.31. The average Bonchev–Trinajstić information content (AvgIpc) is 3.12. The summed E-state index contributed by atoms with van der Waals surface area (Å²) in [4.78, 5) is 35.3. The van der Waals surface area contributed by atoms with Crippen molar-refractivity contribution in [1.29, 1.82) is 0 Å². The summed E-state index contributed by atoms with van der Waals surface area (Å²) in [5.74, 6) is -2.06. The van der Waals surface area contributed by atoms with Crippen LogP contribution in [0.4, 0.5) is 18.9 Å². The van der Waals surface area contributed by atoms with Crippen LogP contribution in [0.3, 0.4) is 0 Å². The second-order valence-electron chi connectivity index (χ2n) is 9.56. The van der Waals surface area contributed by atoms with Gasteiger partial charge in [0.2, 0.25) is 5.60 Å². The van der Waals surface area contributed by atoms with Gasteiger partial charge in [-0.25, -0.2) is 13.2 Å². The molecule has 2 aliphatic rings. The van der Waals surface area contributed by atoms with Gasteiger partial charge in [-0.3, -0.25) is 19.6 Å². The summed E-state index contributed by atoms with van der Waals surface area (Å²) in [6.07, 6.45) is 1.91. The third kappa shape index (κ3) is 4.63. The number of halogens is 4. The smallest absolute Gasteiger partial charge is 0.281 e. The predicted molar refractivity (Wildman–Crippen MR) is 133 cm³/mol. The fraction of sp³-hybridized carbons (Fsp3) is 0.333. The molecule has 1 aromatic carbocycles. The van der Waals surface area contributed by atoms with Crippen molar-refractivity contribution >= 4 is 29.1 Å². The van der Waals surface area contributed by atoms with Crippen molar-refractivity contribution in [3.8, 4) is 0 Å². The third-order valence-electron chi connectivity index (χ3n) is 7.20. The first-order valence-corrected chi connectivity index (χ1v) is 12.6. The lowest BCUT2D eigenvalue weighted by Gasteiger charge is -2.32. The second kappa shape index (κ2) is 10.3. The van der Waals surface area contributed by atoms with Crippen molar-refractivity contribution in [1.82, 2.24) is 15.3 Å². The molecule has 1 aliphatic heterocycles. The molecule has 1 aliphatic carbocycles. The molecule has 2 aromatic heterocycles. The van der Waals surface area contributed by atoms with Gasteiger partial charge in [-0.2, -0.15) is 0 Å². The number of fused-ring (bicyclic) bond motifs is 1. The molecule has 198 valence electrons. The fourth-order valence-corrected chi connectivity index (χ4v) is 5.47. The molecular formula is C27H24ClF3N4O3. The summed E-state index contributed by atoms with van der Waals surface area (Å²) >= 11 is 5.86. The van der Waals surface area contributed by atoms with Crippen LogP contribution in [-0.4, -0.2) is 39.5 Å². The monoisotopic (exact) mass is 544 g/mol. The SMILES string of the molecule is O=C(N[C@H]1CC[C@H](CN2C(=O)C(O)(c3ncccc3F)c3ccccc32)CC1)c1cc(Cl)cnc1C(F)F. The molecule has 1 unspecified atom stereocenters. The largest absolute Gasteiger partial charge is 0.370 e. The van der Waals surface area contributed by atoms with E-state index in [1.165, 1.54) is 23.2 Å². The van der Waals surface area contributed by atoms with Crippen molar-refractivity contribution in [2.75, 3.05) is 11.4 Å². The van der Waals surface area contributed by atoms with Crippen LogP contribution >= 0.6 is 11.6 Å². The molecule has 0 saturated heterocycles. The van der Waals surface area contributed by atoms with Crippen molar-refractivity contribution in [3.63, 3.8) is 0 Å². The Hall–Kier alpha value is -3.50. The molecule has 3 aromatic rings. The summed E-state index contributed by atoms with van der Waals surface area (Å²) in [5.41, 5.74) is -2.69. The molecule has 5 rings (SSSR count). The zero-order valence-corrected chi connectivity index (χ0v) is 20.8. The Kier molecular flexibility index (Phi) is 7.11. The highest BCUT2D eigenvalue weighted by Crippen LogP contribution is 2.45. The molecule has 11 heteroatoms. The van der Waals surface area contributed by atoms with Gasteiger partial charge in [0.25, 0.3) is 18.2 Å². The maximum absolute atomic E-state index is 14.6. The van der Waals surface area contributed by atoms with Gasteiger partial charge in [0.1, 0.15) is 17.2 Å². The molecule has 1 saturated carbocycles. The van der Waals surface area contributed by atoms with Crippen LogP contribution in [0.25, 0.3) is 0 Å². The van der Waals surface area contributed by atoms with E-state index in [0.717, 1.165) is 12.3 Å². The summed E-state index contributed by atoms with van der Waals surface area (Å²) in [5, 5.41) is 14.4. The summed E-state index contributed by atoms with van der Waals surface area (Å²) in [6, 6.07) is 10.2. The molecule has 1 fully saturated rings. The van der Waals surface area contributed by atoms with Gasteiger partial charge in [0.05, 0.1) is 16.3 Å². The Morgan fingerprint density at radius 3 is 2.61 bits per heavy atom. The minimum absolute atomic E-state index is 0.0422. The minimum atomic E-state index is -2.91. The normalized spacial score (nSPS) is 23.0. The van der Waals surface area contributed by atoms with Crippen LogP contribution in [0.1, 0.15) is 59.4 Å². The standard InChI is InChI=1S/C27H24ClF3N4O3/c28-16-12-18(22(24(30)31)33-13-16)25(36)34-17-9-7-15(8-10-17)14-35-21-6-2-1-4-19(21)27(38,26(35)37)23-20(29)5-3-11-32-23/h1-6,11-13,15,17,24,38H,7-10,14H2,(H,34,36)/t15-,17-,27?. The third-order valence-corrected chi connectivity index (χ3v) is 7.41. The van der Waals surface area contributed by atoms with E-state index in [9.17, 15) is 27.9 Å². The minimum Gasteiger partial charge on any atom is -0.370 e. The molecule has 2 amide bonds. The number of amides is 2. The highest BCUT2D eigenvalue weighted by molar-refractivity contribution is 6.30. The zero-order chi connectivity index (χ0) is 27.0. The van der Waals surface area contributed by atoms with Crippen molar-refractivity contribution in [2.45, 2.75) is 43.8 Å². The van der Waals surface area contributed by atoms with Gasteiger partial charge in [-0.1, -0.05) is 29.8 Å². The van der Waals surface area contributed by atoms with Crippen LogP contribution in [-0.2, 0) is 10.4 Å². The Balaban J connectivity index is 1.27. The summed E-state index contributed by atoms with van der Waals surface area (Å²) < 4.78 is 41.2. The van der Waals surface area contributed by atoms with E-state index < -0.39 is 35.4 Å². The number of nitrogens with one attached hydrogen (secondary N) is 1.